The second kappa shape index (κ2) is 7.55. The van der Waals surface area contributed by atoms with Crippen LogP contribution in [0, 0.1) is 5.41 Å². The van der Waals surface area contributed by atoms with E-state index in [9.17, 15) is 9.59 Å². The maximum atomic E-state index is 12.2. The van der Waals surface area contributed by atoms with E-state index in [1.165, 1.54) is 0 Å². The minimum atomic E-state index is -0.479. The van der Waals surface area contributed by atoms with Crippen molar-refractivity contribution in [2.75, 3.05) is 44.7 Å². The molecule has 1 saturated heterocycles. The third-order valence-electron chi connectivity index (χ3n) is 4.15. The average molecular weight is 333 g/mol. The van der Waals surface area contributed by atoms with Crippen LogP contribution in [-0.2, 0) is 9.59 Å². The maximum Gasteiger partial charge on any atom is 0.242 e. The van der Waals surface area contributed by atoms with Gasteiger partial charge in [0.2, 0.25) is 11.8 Å². The number of hydrogen-bond acceptors (Lipinski definition) is 4. The van der Waals surface area contributed by atoms with Gasteiger partial charge >= 0.3 is 0 Å². The first kappa shape index (κ1) is 18.1. The van der Waals surface area contributed by atoms with Crippen molar-refractivity contribution in [2.45, 2.75) is 20.8 Å². The summed E-state index contributed by atoms with van der Waals surface area (Å²) in [4.78, 5) is 28.1. The lowest BCUT2D eigenvalue weighted by molar-refractivity contribution is -0.135. The van der Waals surface area contributed by atoms with Gasteiger partial charge in [0.05, 0.1) is 13.7 Å². The molecule has 1 aliphatic rings. The number of amides is 2. The average Bonchev–Trinajstić information content (AvgIpc) is 2.58. The highest BCUT2D eigenvalue weighted by molar-refractivity contribution is 5.87. The molecule has 6 nitrogen and oxygen atoms in total. The molecule has 1 aromatic rings. The van der Waals surface area contributed by atoms with Gasteiger partial charge in [0.15, 0.2) is 0 Å². The molecule has 1 aromatic carbocycles. The lowest BCUT2D eigenvalue weighted by Gasteiger charge is -2.36. The lowest BCUT2D eigenvalue weighted by atomic mass is 9.96. The predicted octanol–water partition coefficient (Wildman–Crippen LogP) is 1.51. The van der Waals surface area contributed by atoms with Crippen LogP contribution in [0.5, 0.6) is 5.75 Å². The molecule has 0 atom stereocenters. The van der Waals surface area contributed by atoms with E-state index < -0.39 is 5.41 Å². The van der Waals surface area contributed by atoms with Gasteiger partial charge in [-0.3, -0.25) is 9.59 Å². The Bertz CT molecular complexity index is 570. The smallest absolute Gasteiger partial charge is 0.242 e. The molecule has 1 heterocycles. The number of anilines is 1. The Morgan fingerprint density at radius 1 is 1.08 bits per heavy atom. The highest BCUT2D eigenvalue weighted by atomic mass is 16.5. The van der Waals surface area contributed by atoms with Crippen LogP contribution in [0.4, 0.5) is 5.69 Å². The van der Waals surface area contributed by atoms with Crippen molar-refractivity contribution in [2.24, 2.45) is 5.41 Å². The summed E-state index contributed by atoms with van der Waals surface area (Å²) < 4.78 is 5.17. The Hall–Kier alpha value is -2.24. The Morgan fingerprint density at radius 3 is 2.17 bits per heavy atom. The van der Waals surface area contributed by atoms with E-state index in [4.69, 9.17) is 4.74 Å². The van der Waals surface area contributed by atoms with Crippen LogP contribution in [0.15, 0.2) is 24.3 Å². The molecule has 0 aromatic heterocycles. The molecule has 1 N–H and O–H groups in total. The van der Waals surface area contributed by atoms with Crippen LogP contribution in [0.1, 0.15) is 20.8 Å². The molecular formula is C18H27N3O3. The molecule has 0 aliphatic carbocycles. The highest BCUT2D eigenvalue weighted by Gasteiger charge is 2.24. The third-order valence-corrected chi connectivity index (χ3v) is 4.15. The van der Waals surface area contributed by atoms with Crippen molar-refractivity contribution in [3.63, 3.8) is 0 Å². The number of hydrogen-bond donors (Lipinski definition) is 1. The molecule has 0 radical (unpaired) electrons. The second-order valence-electron chi connectivity index (χ2n) is 7.00. The number of carbonyl (C=O) groups excluding carboxylic acids is 2. The van der Waals surface area contributed by atoms with Crippen molar-refractivity contribution in [1.29, 1.82) is 0 Å². The molecular weight excluding hydrogens is 306 g/mol. The molecule has 1 fully saturated rings. The number of carbonyl (C=O) groups is 2. The highest BCUT2D eigenvalue weighted by Crippen LogP contribution is 2.20. The van der Waals surface area contributed by atoms with Gasteiger partial charge in [-0.15, -0.1) is 0 Å². The van der Waals surface area contributed by atoms with Crippen LogP contribution < -0.4 is 15.0 Å². The number of piperazine rings is 1. The van der Waals surface area contributed by atoms with E-state index >= 15 is 0 Å². The fraction of sp³-hybridized carbons (Fsp3) is 0.556. The Morgan fingerprint density at radius 2 is 1.67 bits per heavy atom. The number of methoxy groups -OCH3 is 1. The first-order chi connectivity index (χ1) is 11.3. The zero-order chi connectivity index (χ0) is 17.7. The zero-order valence-corrected chi connectivity index (χ0v) is 15.0. The zero-order valence-electron chi connectivity index (χ0n) is 15.0. The van der Waals surface area contributed by atoms with Crippen LogP contribution >= 0.6 is 0 Å². The van der Waals surface area contributed by atoms with Crippen LogP contribution in [0.2, 0.25) is 0 Å². The number of rotatable bonds is 4. The molecule has 6 heteroatoms. The minimum Gasteiger partial charge on any atom is -0.497 e. The van der Waals surface area contributed by atoms with Gasteiger partial charge in [-0.2, -0.15) is 0 Å². The Labute approximate surface area is 143 Å². The SMILES string of the molecule is COc1ccc(N2CCN(C(=O)CNC(=O)C(C)(C)C)CC2)cc1. The fourth-order valence-corrected chi connectivity index (χ4v) is 2.54. The largest absolute Gasteiger partial charge is 0.497 e. The Kier molecular flexibility index (Phi) is 5.70. The van der Waals surface area contributed by atoms with Crippen molar-refractivity contribution >= 4 is 17.5 Å². The van der Waals surface area contributed by atoms with E-state index in [2.05, 4.69) is 10.2 Å². The second-order valence-corrected chi connectivity index (χ2v) is 7.00. The Balaban J connectivity index is 1.81. The summed E-state index contributed by atoms with van der Waals surface area (Å²) in [5.41, 5.74) is 0.650. The van der Waals surface area contributed by atoms with Gasteiger partial charge in [0.1, 0.15) is 5.75 Å². The fourth-order valence-electron chi connectivity index (χ4n) is 2.54. The maximum absolute atomic E-state index is 12.2. The molecule has 132 valence electrons. The molecule has 0 spiro atoms. The standard InChI is InChI=1S/C18H27N3O3/c1-18(2,3)17(23)19-13-16(22)21-11-9-20(10-12-21)14-5-7-15(24-4)8-6-14/h5-8H,9-13H2,1-4H3,(H,19,23). The van der Waals surface area contributed by atoms with Gasteiger partial charge < -0.3 is 19.9 Å². The van der Waals surface area contributed by atoms with E-state index in [0.717, 1.165) is 24.5 Å². The topological polar surface area (TPSA) is 61.9 Å². The first-order valence-corrected chi connectivity index (χ1v) is 8.26. The summed E-state index contributed by atoms with van der Waals surface area (Å²) in [5, 5.41) is 2.72. The van der Waals surface area contributed by atoms with Crippen molar-refractivity contribution < 1.29 is 14.3 Å². The number of nitrogens with zero attached hydrogens (tertiary/aromatic N) is 2. The summed E-state index contributed by atoms with van der Waals surface area (Å²) >= 11 is 0. The van der Waals surface area contributed by atoms with E-state index in [0.29, 0.717) is 13.1 Å². The van der Waals surface area contributed by atoms with Gasteiger partial charge in [-0.05, 0) is 24.3 Å². The molecule has 2 amide bonds. The van der Waals surface area contributed by atoms with Crippen LogP contribution in [0.3, 0.4) is 0 Å². The van der Waals surface area contributed by atoms with E-state index in [-0.39, 0.29) is 18.4 Å². The van der Waals surface area contributed by atoms with Gasteiger partial charge in [-0.1, -0.05) is 20.8 Å². The third kappa shape index (κ3) is 4.63. The molecule has 0 saturated carbocycles. The number of ether oxygens (including phenoxy) is 1. The summed E-state index contributed by atoms with van der Waals surface area (Å²) in [7, 11) is 1.65. The normalized spacial score (nSPS) is 15.2. The van der Waals surface area contributed by atoms with Crippen LogP contribution in [-0.4, -0.2) is 56.5 Å². The van der Waals surface area contributed by atoms with Crippen molar-refractivity contribution in [3.8, 4) is 5.75 Å². The minimum absolute atomic E-state index is 0.0259. The number of nitrogens with one attached hydrogen (secondary N) is 1. The van der Waals surface area contributed by atoms with Crippen molar-refractivity contribution in [3.05, 3.63) is 24.3 Å². The first-order valence-electron chi connectivity index (χ1n) is 8.26. The predicted molar refractivity (Wildman–Crippen MR) is 94.3 cm³/mol. The molecule has 0 bridgehead atoms. The van der Waals surface area contributed by atoms with Gasteiger partial charge in [0.25, 0.3) is 0 Å². The van der Waals surface area contributed by atoms with E-state index in [1.807, 2.05) is 49.9 Å². The molecule has 0 unspecified atom stereocenters. The lowest BCUT2D eigenvalue weighted by Crippen LogP contribution is -2.51. The summed E-state index contributed by atoms with van der Waals surface area (Å²) in [6.07, 6.45) is 0. The summed E-state index contributed by atoms with van der Waals surface area (Å²) in [6, 6.07) is 7.93. The monoisotopic (exact) mass is 333 g/mol. The summed E-state index contributed by atoms with van der Waals surface area (Å²) in [6.45, 7) is 8.46. The van der Waals surface area contributed by atoms with Crippen LogP contribution in [0.25, 0.3) is 0 Å². The number of benzene rings is 1. The van der Waals surface area contributed by atoms with Crippen molar-refractivity contribution in [1.82, 2.24) is 10.2 Å². The molecule has 1 aliphatic heterocycles. The van der Waals surface area contributed by atoms with Gasteiger partial charge in [0, 0.05) is 37.3 Å². The quantitative estimate of drug-likeness (QED) is 0.907. The molecule has 24 heavy (non-hydrogen) atoms. The van der Waals surface area contributed by atoms with Gasteiger partial charge in [-0.25, -0.2) is 0 Å². The molecule has 2 rings (SSSR count). The summed E-state index contributed by atoms with van der Waals surface area (Å²) in [5.74, 6) is 0.705. The van der Waals surface area contributed by atoms with E-state index in [1.54, 1.807) is 7.11 Å².